The van der Waals surface area contributed by atoms with E-state index in [1.54, 1.807) is 0 Å². The van der Waals surface area contributed by atoms with E-state index in [9.17, 15) is 0 Å². The Morgan fingerprint density at radius 3 is 1.95 bits per heavy atom. The molecule has 0 radical (unpaired) electrons. The van der Waals surface area contributed by atoms with Crippen molar-refractivity contribution in [1.29, 1.82) is 0 Å². The lowest BCUT2D eigenvalue weighted by Crippen LogP contribution is -2.33. The van der Waals surface area contributed by atoms with Gasteiger partial charge in [-0.25, -0.2) is 0 Å². The molecule has 1 aliphatic rings. The van der Waals surface area contributed by atoms with Crippen LogP contribution in [-0.2, 0) is 10.8 Å². The van der Waals surface area contributed by atoms with Crippen molar-refractivity contribution in [3.05, 3.63) is 70.8 Å². The van der Waals surface area contributed by atoms with Gasteiger partial charge in [-0.15, -0.1) is 0 Å². The van der Waals surface area contributed by atoms with Gasteiger partial charge in [-0.1, -0.05) is 63.8 Å². The second-order valence-corrected chi connectivity index (χ2v) is 7.64. The Morgan fingerprint density at radius 1 is 0.682 bits per heavy atom. The zero-order valence-corrected chi connectivity index (χ0v) is 14.0. The number of hydrogen-bond acceptors (Lipinski definition) is 0. The molecule has 1 aliphatic carbocycles. The van der Waals surface area contributed by atoms with E-state index in [1.165, 1.54) is 24.0 Å². The van der Waals surface area contributed by atoms with Gasteiger partial charge in [0.15, 0.2) is 0 Å². The highest BCUT2D eigenvalue weighted by Gasteiger charge is 2.36. The number of hydrogen-bond donors (Lipinski definition) is 0. The summed E-state index contributed by atoms with van der Waals surface area (Å²) in [6.45, 7) is 9.43. The minimum Gasteiger partial charge on any atom is -0.0622 e. The lowest BCUT2D eigenvalue weighted by Gasteiger charge is -2.41. The van der Waals surface area contributed by atoms with Gasteiger partial charge in [0.25, 0.3) is 0 Å². The average molecular weight is 288 g/mol. The van der Waals surface area contributed by atoms with Crippen LogP contribution in [0.25, 0.3) is 0 Å². The number of benzene rings is 2. The zero-order valence-electron chi connectivity index (χ0n) is 14.0. The molecule has 0 fully saturated rings. The van der Waals surface area contributed by atoms with Gasteiger partial charge in [-0.2, -0.15) is 0 Å². The van der Waals surface area contributed by atoms with Gasteiger partial charge in [-0.05, 0) is 59.1 Å². The Labute approximate surface area is 134 Å². The summed E-state index contributed by atoms with van der Waals surface area (Å²) in [5.41, 5.74) is 5.68. The van der Waals surface area contributed by atoms with Crippen LogP contribution in [0.1, 0.15) is 62.8 Å². The second kappa shape index (κ2) is 5.33. The maximum absolute atomic E-state index is 3.33. The fourth-order valence-corrected chi connectivity index (χ4v) is 3.33. The first-order valence-electron chi connectivity index (χ1n) is 8.11. The molecular formula is C22H24. The van der Waals surface area contributed by atoms with E-state index >= 15 is 0 Å². The first-order valence-corrected chi connectivity index (χ1v) is 8.11. The molecule has 0 N–H and O–H groups in total. The topological polar surface area (TPSA) is 0 Å². The van der Waals surface area contributed by atoms with Crippen LogP contribution in [0.3, 0.4) is 0 Å². The van der Waals surface area contributed by atoms with Crippen LogP contribution < -0.4 is 0 Å². The quantitative estimate of drug-likeness (QED) is 0.567. The van der Waals surface area contributed by atoms with Gasteiger partial charge in [0.05, 0.1) is 0 Å². The van der Waals surface area contributed by atoms with Crippen LogP contribution in [0.2, 0.25) is 0 Å². The first kappa shape index (κ1) is 14.9. The third-order valence-corrected chi connectivity index (χ3v) is 4.98. The molecule has 112 valence electrons. The smallest absolute Gasteiger partial charge is 0.0252 e. The van der Waals surface area contributed by atoms with E-state index in [2.05, 4.69) is 69.9 Å². The molecular weight excluding hydrogens is 264 g/mol. The fourth-order valence-electron chi connectivity index (χ4n) is 3.33. The Bertz CT molecular complexity index is 737. The SMILES string of the molecule is CC1(C)CCC(C)(C)c2cc(C#Cc3ccccc3)ccc21. The van der Waals surface area contributed by atoms with Crippen LogP contribution in [-0.4, -0.2) is 0 Å². The molecule has 0 saturated carbocycles. The van der Waals surface area contributed by atoms with Crippen molar-refractivity contribution >= 4 is 0 Å². The van der Waals surface area contributed by atoms with Crippen molar-refractivity contribution in [3.8, 4) is 11.8 Å². The van der Waals surface area contributed by atoms with Crippen LogP contribution in [0, 0.1) is 11.8 Å². The highest BCUT2D eigenvalue weighted by Crippen LogP contribution is 2.45. The lowest BCUT2D eigenvalue weighted by molar-refractivity contribution is 0.332. The van der Waals surface area contributed by atoms with Crippen molar-refractivity contribution < 1.29 is 0 Å². The Balaban J connectivity index is 2.02. The first-order chi connectivity index (χ1) is 10.4. The predicted molar refractivity (Wildman–Crippen MR) is 94.2 cm³/mol. The molecule has 3 rings (SSSR count). The van der Waals surface area contributed by atoms with Gasteiger partial charge in [0, 0.05) is 11.1 Å². The summed E-state index contributed by atoms with van der Waals surface area (Å²) in [5.74, 6) is 6.59. The summed E-state index contributed by atoms with van der Waals surface area (Å²) in [7, 11) is 0. The molecule has 0 saturated heterocycles. The van der Waals surface area contributed by atoms with Crippen LogP contribution in [0.15, 0.2) is 48.5 Å². The van der Waals surface area contributed by atoms with E-state index in [0.29, 0.717) is 0 Å². The highest BCUT2D eigenvalue weighted by atomic mass is 14.4. The summed E-state index contributed by atoms with van der Waals surface area (Å²) < 4.78 is 0. The van der Waals surface area contributed by atoms with Crippen LogP contribution in [0.5, 0.6) is 0 Å². The lowest BCUT2D eigenvalue weighted by atomic mass is 9.63. The van der Waals surface area contributed by atoms with Gasteiger partial charge < -0.3 is 0 Å². The summed E-state index contributed by atoms with van der Waals surface area (Å²) in [6, 6.07) is 17.0. The predicted octanol–water partition coefficient (Wildman–Crippen LogP) is 5.44. The molecule has 0 heterocycles. The molecule has 0 nitrogen and oxygen atoms in total. The molecule has 2 aromatic carbocycles. The second-order valence-electron chi connectivity index (χ2n) is 7.64. The standard InChI is InChI=1S/C22H24/c1-21(2)14-15-22(3,4)20-16-18(12-13-19(20)21)11-10-17-8-6-5-7-9-17/h5-9,12-13,16H,14-15H2,1-4H3. The van der Waals surface area contributed by atoms with Gasteiger partial charge in [0.2, 0.25) is 0 Å². The van der Waals surface area contributed by atoms with Crippen molar-refractivity contribution in [2.24, 2.45) is 0 Å². The Morgan fingerprint density at radius 2 is 1.27 bits per heavy atom. The molecule has 2 aromatic rings. The third kappa shape index (κ3) is 2.81. The largest absolute Gasteiger partial charge is 0.0622 e. The van der Waals surface area contributed by atoms with Gasteiger partial charge in [-0.3, -0.25) is 0 Å². The van der Waals surface area contributed by atoms with Crippen molar-refractivity contribution in [2.75, 3.05) is 0 Å². The van der Waals surface area contributed by atoms with Crippen LogP contribution in [0.4, 0.5) is 0 Å². The molecule has 0 bridgehead atoms. The minimum absolute atomic E-state index is 0.245. The molecule has 0 aromatic heterocycles. The molecule has 0 spiro atoms. The number of fused-ring (bicyclic) bond motifs is 1. The molecule has 0 heteroatoms. The van der Waals surface area contributed by atoms with E-state index in [0.717, 1.165) is 11.1 Å². The van der Waals surface area contributed by atoms with E-state index in [4.69, 9.17) is 0 Å². The van der Waals surface area contributed by atoms with Crippen molar-refractivity contribution in [2.45, 2.75) is 51.4 Å². The van der Waals surface area contributed by atoms with E-state index < -0.39 is 0 Å². The molecule has 0 unspecified atom stereocenters. The highest BCUT2D eigenvalue weighted by molar-refractivity contribution is 5.50. The Kier molecular flexibility index (Phi) is 3.61. The van der Waals surface area contributed by atoms with Crippen LogP contribution >= 0.6 is 0 Å². The average Bonchev–Trinajstić information content (AvgIpc) is 2.51. The zero-order chi connectivity index (χ0) is 15.8. The van der Waals surface area contributed by atoms with Crippen molar-refractivity contribution in [1.82, 2.24) is 0 Å². The van der Waals surface area contributed by atoms with Gasteiger partial charge in [0.1, 0.15) is 0 Å². The number of rotatable bonds is 0. The maximum Gasteiger partial charge on any atom is 0.0252 e. The maximum atomic E-state index is 3.33. The van der Waals surface area contributed by atoms with Crippen molar-refractivity contribution in [3.63, 3.8) is 0 Å². The van der Waals surface area contributed by atoms with E-state index in [1.807, 2.05) is 18.2 Å². The normalized spacial score (nSPS) is 18.0. The summed E-state index contributed by atoms with van der Waals surface area (Å²) in [6.07, 6.45) is 2.49. The molecule has 22 heavy (non-hydrogen) atoms. The Hall–Kier alpha value is -2.00. The monoisotopic (exact) mass is 288 g/mol. The van der Waals surface area contributed by atoms with Gasteiger partial charge >= 0.3 is 0 Å². The summed E-state index contributed by atoms with van der Waals surface area (Å²) >= 11 is 0. The van der Waals surface area contributed by atoms with E-state index in [-0.39, 0.29) is 10.8 Å². The molecule has 0 amide bonds. The fraction of sp³-hybridized carbons (Fsp3) is 0.364. The minimum atomic E-state index is 0.245. The summed E-state index contributed by atoms with van der Waals surface area (Å²) in [4.78, 5) is 0. The molecule has 0 atom stereocenters. The third-order valence-electron chi connectivity index (χ3n) is 4.98. The summed E-state index contributed by atoms with van der Waals surface area (Å²) in [5, 5.41) is 0. The molecule has 0 aliphatic heterocycles.